The first kappa shape index (κ1) is 11.5. The SMILES string of the molecule is O=C(Nc1cc(Br)ccn1)c1ccncc1O. The van der Waals surface area contributed by atoms with E-state index in [-0.39, 0.29) is 11.3 Å². The van der Waals surface area contributed by atoms with E-state index in [4.69, 9.17) is 0 Å². The Morgan fingerprint density at radius 3 is 2.88 bits per heavy atom. The van der Waals surface area contributed by atoms with Crippen molar-refractivity contribution < 1.29 is 9.90 Å². The van der Waals surface area contributed by atoms with Crippen LogP contribution in [0.5, 0.6) is 5.75 Å². The molecule has 0 saturated heterocycles. The van der Waals surface area contributed by atoms with Gasteiger partial charge in [0.2, 0.25) is 0 Å². The zero-order chi connectivity index (χ0) is 12.3. The number of nitrogens with zero attached hydrogens (tertiary/aromatic N) is 2. The summed E-state index contributed by atoms with van der Waals surface area (Å²) in [6.45, 7) is 0. The molecule has 86 valence electrons. The number of aromatic nitrogens is 2. The van der Waals surface area contributed by atoms with E-state index in [1.807, 2.05) is 0 Å². The maximum atomic E-state index is 11.8. The van der Waals surface area contributed by atoms with Gasteiger partial charge in [-0.15, -0.1) is 0 Å². The molecular weight excluding hydrogens is 286 g/mol. The molecule has 2 heterocycles. The van der Waals surface area contributed by atoms with Crippen LogP contribution >= 0.6 is 15.9 Å². The number of aromatic hydroxyl groups is 1. The average Bonchev–Trinajstić information content (AvgIpc) is 2.29. The predicted octanol–water partition coefficient (Wildman–Crippen LogP) is 2.20. The molecule has 2 aromatic rings. The molecule has 1 amide bonds. The molecule has 2 N–H and O–H groups in total. The van der Waals surface area contributed by atoms with Crippen LogP contribution < -0.4 is 5.32 Å². The molecule has 0 radical (unpaired) electrons. The van der Waals surface area contributed by atoms with E-state index in [0.29, 0.717) is 5.82 Å². The van der Waals surface area contributed by atoms with Crippen LogP contribution in [0.25, 0.3) is 0 Å². The minimum absolute atomic E-state index is 0.154. The maximum absolute atomic E-state index is 11.8. The first-order valence-corrected chi connectivity index (χ1v) is 5.52. The maximum Gasteiger partial charge on any atom is 0.260 e. The number of anilines is 1. The molecular formula is C11H8BrN3O2. The molecule has 6 heteroatoms. The molecule has 0 fully saturated rings. The van der Waals surface area contributed by atoms with Gasteiger partial charge in [-0.2, -0.15) is 0 Å². The van der Waals surface area contributed by atoms with Gasteiger partial charge in [0.05, 0.1) is 11.8 Å². The van der Waals surface area contributed by atoms with Crippen LogP contribution in [0.1, 0.15) is 10.4 Å². The molecule has 0 spiro atoms. The number of hydrogen-bond donors (Lipinski definition) is 2. The van der Waals surface area contributed by atoms with Gasteiger partial charge in [-0.3, -0.25) is 9.78 Å². The molecule has 2 rings (SSSR count). The van der Waals surface area contributed by atoms with Crippen molar-refractivity contribution in [3.8, 4) is 5.75 Å². The third kappa shape index (κ3) is 2.79. The molecule has 17 heavy (non-hydrogen) atoms. The van der Waals surface area contributed by atoms with Crippen molar-refractivity contribution in [1.82, 2.24) is 9.97 Å². The van der Waals surface area contributed by atoms with Crippen LogP contribution in [0, 0.1) is 0 Å². The Labute approximate surface area is 106 Å². The number of hydrogen-bond acceptors (Lipinski definition) is 4. The minimum atomic E-state index is -0.435. The highest BCUT2D eigenvalue weighted by Crippen LogP contribution is 2.17. The first-order valence-electron chi connectivity index (χ1n) is 4.72. The number of nitrogens with one attached hydrogen (secondary N) is 1. The minimum Gasteiger partial charge on any atom is -0.505 e. The summed E-state index contributed by atoms with van der Waals surface area (Å²) in [5.74, 6) is -0.198. The van der Waals surface area contributed by atoms with E-state index < -0.39 is 5.91 Å². The number of pyridine rings is 2. The molecule has 2 aromatic heterocycles. The van der Waals surface area contributed by atoms with Crippen LogP contribution in [0.15, 0.2) is 41.3 Å². The van der Waals surface area contributed by atoms with Gasteiger partial charge in [0.1, 0.15) is 11.6 Å². The molecule has 0 aliphatic heterocycles. The first-order chi connectivity index (χ1) is 8.16. The highest BCUT2D eigenvalue weighted by molar-refractivity contribution is 9.10. The number of carbonyl (C=O) groups is 1. The average molecular weight is 294 g/mol. The van der Waals surface area contributed by atoms with Crippen LogP contribution in [0.4, 0.5) is 5.82 Å². The summed E-state index contributed by atoms with van der Waals surface area (Å²) in [6, 6.07) is 4.85. The van der Waals surface area contributed by atoms with Crippen LogP contribution in [-0.4, -0.2) is 21.0 Å². The predicted molar refractivity (Wildman–Crippen MR) is 65.8 cm³/mol. The normalized spacial score (nSPS) is 9.94. The summed E-state index contributed by atoms with van der Waals surface area (Å²) in [7, 11) is 0. The Kier molecular flexibility index (Phi) is 3.34. The highest BCUT2D eigenvalue weighted by atomic mass is 79.9. The summed E-state index contributed by atoms with van der Waals surface area (Å²) in [5, 5.41) is 12.0. The summed E-state index contributed by atoms with van der Waals surface area (Å²) < 4.78 is 0.807. The smallest absolute Gasteiger partial charge is 0.260 e. The van der Waals surface area contributed by atoms with Crippen molar-refractivity contribution in [2.24, 2.45) is 0 Å². The number of carbonyl (C=O) groups excluding carboxylic acids is 1. The summed E-state index contributed by atoms with van der Waals surface area (Å²) in [4.78, 5) is 19.5. The number of rotatable bonds is 2. The molecule has 0 unspecified atom stereocenters. The van der Waals surface area contributed by atoms with Crippen molar-refractivity contribution in [3.63, 3.8) is 0 Å². The van der Waals surface area contributed by atoms with Crippen LogP contribution in [0.3, 0.4) is 0 Å². The number of halogens is 1. The van der Waals surface area contributed by atoms with E-state index in [2.05, 4.69) is 31.2 Å². The van der Waals surface area contributed by atoms with E-state index in [9.17, 15) is 9.90 Å². The molecule has 0 saturated carbocycles. The van der Waals surface area contributed by atoms with E-state index in [1.54, 1.807) is 18.3 Å². The lowest BCUT2D eigenvalue weighted by molar-refractivity contribution is 0.102. The van der Waals surface area contributed by atoms with Gasteiger partial charge in [-0.1, -0.05) is 15.9 Å². The zero-order valence-electron chi connectivity index (χ0n) is 8.59. The van der Waals surface area contributed by atoms with Gasteiger partial charge >= 0.3 is 0 Å². The Hall–Kier alpha value is -1.95. The van der Waals surface area contributed by atoms with E-state index in [0.717, 1.165) is 4.47 Å². The van der Waals surface area contributed by atoms with Gasteiger partial charge in [0.15, 0.2) is 0 Å². The quantitative estimate of drug-likeness (QED) is 0.890. The third-order valence-electron chi connectivity index (χ3n) is 2.01. The molecule has 0 atom stereocenters. The van der Waals surface area contributed by atoms with Crippen molar-refractivity contribution in [2.45, 2.75) is 0 Å². The molecule has 0 aliphatic rings. The van der Waals surface area contributed by atoms with Gasteiger partial charge < -0.3 is 10.4 Å². The molecule has 0 bridgehead atoms. The Morgan fingerprint density at radius 1 is 1.35 bits per heavy atom. The Balaban J connectivity index is 2.20. The standard InChI is InChI=1S/C11H8BrN3O2/c12-7-1-4-14-10(5-7)15-11(17)8-2-3-13-6-9(8)16/h1-6,16H,(H,14,15,17). The Bertz CT molecular complexity index is 560. The van der Waals surface area contributed by atoms with Crippen LogP contribution in [0.2, 0.25) is 0 Å². The fourth-order valence-electron chi connectivity index (χ4n) is 1.23. The number of amides is 1. The largest absolute Gasteiger partial charge is 0.505 e. The van der Waals surface area contributed by atoms with Crippen molar-refractivity contribution in [1.29, 1.82) is 0 Å². The van der Waals surface area contributed by atoms with Gasteiger partial charge in [0.25, 0.3) is 5.91 Å². The van der Waals surface area contributed by atoms with Gasteiger partial charge in [-0.05, 0) is 18.2 Å². The van der Waals surface area contributed by atoms with Crippen molar-refractivity contribution in [3.05, 3.63) is 46.8 Å². The van der Waals surface area contributed by atoms with Crippen LogP contribution in [-0.2, 0) is 0 Å². The fraction of sp³-hybridized carbons (Fsp3) is 0. The summed E-state index contributed by atoms with van der Waals surface area (Å²) in [6.07, 6.45) is 4.21. The third-order valence-corrected chi connectivity index (χ3v) is 2.50. The summed E-state index contributed by atoms with van der Waals surface area (Å²) >= 11 is 3.27. The van der Waals surface area contributed by atoms with E-state index in [1.165, 1.54) is 18.5 Å². The zero-order valence-corrected chi connectivity index (χ0v) is 10.2. The van der Waals surface area contributed by atoms with Crippen molar-refractivity contribution in [2.75, 3.05) is 5.32 Å². The van der Waals surface area contributed by atoms with E-state index >= 15 is 0 Å². The lowest BCUT2D eigenvalue weighted by Crippen LogP contribution is -2.13. The van der Waals surface area contributed by atoms with Crippen molar-refractivity contribution >= 4 is 27.7 Å². The molecule has 0 aliphatic carbocycles. The summed E-state index contributed by atoms with van der Waals surface area (Å²) in [5.41, 5.74) is 0.154. The second-order valence-corrected chi connectivity index (χ2v) is 4.12. The second kappa shape index (κ2) is 4.92. The topological polar surface area (TPSA) is 75.1 Å². The molecule has 5 nitrogen and oxygen atoms in total. The highest BCUT2D eigenvalue weighted by Gasteiger charge is 2.11. The van der Waals surface area contributed by atoms with Gasteiger partial charge in [-0.25, -0.2) is 4.98 Å². The monoisotopic (exact) mass is 293 g/mol. The molecule has 0 aromatic carbocycles. The lowest BCUT2D eigenvalue weighted by atomic mass is 10.2. The van der Waals surface area contributed by atoms with Gasteiger partial charge in [0, 0.05) is 16.9 Å². The lowest BCUT2D eigenvalue weighted by Gasteiger charge is -2.05. The fourth-order valence-corrected chi connectivity index (χ4v) is 1.57. The second-order valence-electron chi connectivity index (χ2n) is 3.21. The Morgan fingerprint density at radius 2 is 2.18 bits per heavy atom.